The van der Waals surface area contributed by atoms with Gasteiger partial charge in [0.2, 0.25) is 0 Å². The minimum atomic E-state index is -0.227. The number of rotatable bonds is 1. The number of ether oxygens (including phenoxy) is 1. The molecule has 3 rings (SSSR count). The van der Waals surface area contributed by atoms with E-state index in [9.17, 15) is 9.90 Å². The smallest absolute Gasteiger partial charge is 0.198 e. The van der Waals surface area contributed by atoms with Gasteiger partial charge in [-0.15, -0.1) is 0 Å². The van der Waals surface area contributed by atoms with Crippen molar-refractivity contribution in [2.24, 2.45) is 0 Å². The third kappa shape index (κ3) is 1.46. The van der Waals surface area contributed by atoms with Crippen molar-refractivity contribution in [2.75, 3.05) is 7.11 Å². The molecular formula is C15H11NO3. The third-order valence-corrected chi connectivity index (χ3v) is 3.28. The summed E-state index contributed by atoms with van der Waals surface area (Å²) in [6.07, 6.45) is 0. The standard InChI is InChI=1S/C15H11NO3/c1-19-11-7-6-10(17)12-13(11)15(18)9-5-3-2-4-8(9)14(12)16/h2-7,16-17H,1H3. The molecule has 0 atom stereocenters. The van der Waals surface area contributed by atoms with E-state index < -0.39 is 0 Å². The molecule has 2 aromatic carbocycles. The highest BCUT2D eigenvalue weighted by atomic mass is 16.5. The molecule has 19 heavy (non-hydrogen) atoms. The van der Waals surface area contributed by atoms with Gasteiger partial charge < -0.3 is 9.84 Å². The second kappa shape index (κ2) is 3.95. The van der Waals surface area contributed by atoms with Gasteiger partial charge in [0, 0.05) is 11.1 Å². The zero-order chi connectivity index (χ0) is 13.6. The van der Waals surface area contributed by atoms with Crippen molar-refractivity contribution >= 4 is 11.5 Å². The van der Waals surface area contributed by atoms with E-state index >= 15 is 0 Å². The quantitative estimate of drug-likeness (QED) is 0.699. The molecule has 0 fully saturated rings. The van der Waals surface area contributed by atoms with Gasteiger partial charge in [0.05, 0.1) is 23.9 Å². The van der Waals surface area contributed by atoms with Gasteiger partial charge in [0.1, 0.15) is 11.5 Å². The Kier molecular flexibility index (Phi) is 2.38. The fourth-order valence-corrected chi connectivity index (χ4v) is 2.39. The number of phenols is 1. The fraction of sp³-hybridized carbons (Fsp3) is 0.0667. The number of fused-ring (bicyclic) bond motifs is 2. The van der Waals surface area contributed by atoms with E-state index in [-0.39, 0.29) is 28.4 Å². The lowest BCUT2D eigenvalue weighted by Gasteiger charge is -2.22. The minimum Gasteiger partial charge on any atom is -0.507 e. The molecule has 4 nitrogen and oxygen atoms in total. The van der Waals surface area contributed by atoms with E-state index in [1.807, 2.05) is 0 Å². The predicted octanol–water partition coefficient (Wildman–Crippen LogP) is 2.36. The number of ketones is 1. The lowest BCUT2D eigenvalue weighted by atomic mass is 9.82. The van der Waals surface area contributed by atoms with Crippen molar-refractivity contribution < 1.29 is 14.6 Å². The Balaban J connectivity index is 2.38. The van der Waals surface area contributed by atoms with Gasteiger partial charge in [-0.05, 0) is 12.1 Å². The summed E-state index contributed by atoms with van der Waals surface area (Å²) in [7, 11) is 1.46. The van der Waals surface area contributed by atoms with Crippen molar-refractivity contribution in [1.82, 2.24) is 0 Å². The van der Waals surface area contributed by atoms with Crippen LogP contribution in [0.2, 0.25) is 0 Å². The number of hydrogen-bond donors (Lipinski definition) is 2. The Labute approximate surface area is 109 Å². The third-order valence-electron chi connectivity index (χ3n) is 3.28. The molecule has 0 unspecified atom stereocenters. The molecule has 0 bridgehead atoms. The second-order valence-corrected chi connectivity index (χ2v) is 4.29. The average Bonchev–Trinajstić information content (AvgIpc) is 2.44. The van der Waals surface area contributed by atoms with Gasteiger partial charge in [-0.2, -0.15) is 0 Å². The average molecular weight is 253 g/mol. The van der Waals surface area contributed by atoms with E-state index in [0.29, 0.717) is 16.9 Å². The lowest BCUT2D eigenvalue weighted by Crippen LogP contribution is -2.21. The van der Waals surface area contributed by atoms with Crippen molar-refractivity contribution in [1.29, 1.82) is 5.41 Å². The molecule has 0 amide bonds. The first-order valence-corrected chi connectivity index (χ1v) is 5.78. The summed E-state index contributed by atoms with van der Waals surface area (Å²) >= 11 is 0. The second-order valence-electron chi connectivity index (χ2n) is 4.29. The maximum atomic E-state index is 12.5. The zero-order valence-electron chi connectivity index (χ0n) is 10.2. The minimum absolute atomic E-state index is 0.0800. The molecule has 2 aromatic rings. The van der Waals surface area contributed by atoms with Crippen LogP contribution in [-0.2, 0) is 0 Å². The van der Waals surface area contributed by atoms with E-state index in [4.69, 9.17) is 10.1 Å². The first-order valence-electron chi connectivity index (χ1n) is 5.78. The Morgan fingerprint density at radius 2 is 1.74 bits per heavy atom. The van der Waals surface area contributed by atoms with Crippen LogP contribution in [0.4, 0.5) is 0 Å². The van der Waals surface area contributed by atoms with Crippen LogP contribution < -0.4 is 4.74 Å². The fourth-order valence-electron chi connectivity index (χ4n) is 2.39. The van der Waals surface area contributed by atoms with Gasteiger partial charge in [-0.25, -0.2) is 0 Å². The summed E-state index contributed by atoms with van der Waals surface area (Å²) < 4.78 is 5.17. The van der Waals surface area contributed by atoms with E-state index in [0.717, 1.165) is 0 Å². The monoisotopic (exact) mass is 253 g/mol. The van der Waals surface area contributed by atoms with Crippen molar-refractivity contribution in [3.63, 3.8) is 0 Å². The maximum absolute atomic E-state index is 12.5. The van der Waals surface area contributed by atoms with Crippen LogP contribution in [0.15, 0.2) is 36.4 Å². The Morgan fingerprint density at radius 1 is 1.05 bits per heavy atom. The number of benzene rings is 2. The largest absolute Gasteiger partial charge is 0.507 e. The van der Waals surface area contributed by atoms with Crippen LogP contribution >= 0.6 is 0 Å². The molecule has 2 N–H and O–H groups in total. The molecule has 0 aliphatic heterocycles. The first-order chi connectivity index (χ1) is 9.15. The van der Waals surface area contributed by atoms with Crippen LogP contribution in [0, 0.1) is 5.41 Å². The summed E-state index contributed by atoms with van der Waals surface area (Å²) in [5.41, 5.74) is 1.63. The highest BCUT2D eigenvalue weighted by Crippen LogP contribution is 2.37. The van der Waals surface area contributed by atoms with Crippen LogP contribution in [0.5, 0.6) is 11.5 Å². The Morgan fingerprint density at radius 3 is 2.42 bits per heavy atom. The number of hydrogen-bond acceptors (Lipinski definition) is 4. The number of carbonyl (C=O) groups is 1. The number of aromatic hydroxyl groups is 1. The van der Waals surface area contributed by atoms with Gasteiger partial charge in [0.25, 0.3) is 0 Å². The number of carbonyl (C=O) groups excluding carboxylic acids is 1. The van der Waals surface area contributed by atoms with Crippen LogP contribution in [0.25, 0.3) is 0 Å². The lowest BCUT2D eigenvalue weighted by molar-refractivity contribution is 0.103. The molecule has 1 aliphatic carbocycles. The van der Waals surface area contributed by atoms with Crippen molar-refractivity contribution in [3.8, 4) is 11.5 Å². The summed E-state index contributed by atoms with van der Waals surface area (Å²) in [4.78, 5) is 12.5. The topological polar surface area (TPSA) is 70.4 Å². The molecule has 0 saturated carbocycles. The Hall–Kier alpha value is -2.62. The summed E-state index contributed by atoms with van der Waals surface area (Å²) in [6, 6.07) is 9.88. The predicted molar refractivity (Wildman–Crippen MR) is 70.5 cm³/mol. The van der Waals surface area contributed by atoms with Crippen LogP contribution in [-0.4, -0.2) is 23.7 Å². The number of phenolic OH excluding ortho intramolecular Hbond substituents is 1. The van der Waals surface area contributed by atoms with Gasteiger partial charge in [-0.1, -0.05) is 24.3 Å². The molecule has 0 radical (unpaired) electrons. The normalized spacial score (nSPS) is 12.9. The molecule has 0 aromatic heterocycles. The number of methoxy groups -OCH3 is 1. The maximum Gasteiger partial charge on any atom is 0.198 e. The van der Waals surface area contributed by atoms with Crippen molar-refractivity contribution in [2.45, 2.75) is 0 Å². The van der Waals surface area contributed by atoms with Crippen molar-refractivity contribution in [3.05, 3.63) is 58.7 Å². The summed E-state index contributed by atoms with van der Waals surface area (Å²) in [5.74, 6) is 0.0649. The van der Waals surface area contributed by atoms with Gasteiger partial charge >= 0.3 is 0 Å². The van der Waals surface area contributed by atoms with Gasteiger partial charge in [-0.3, -0.25) is 10.2 Å². The van der Waals surface area contributed by atoms with Gasteiger partial charge in [0.15, 0.2) is 5.78 Å². The van der Waals surface area contributed by atoms with E-state index in [1.165, 1.54) is 19.2 Å². The molecule has 4 heteroatoms. The molecule has 0 saturated heterocycles. The SMILES string of the molecule is COc1ccc(O)c2c1C(=O)c1ccccc1C2=N. The van der Waals surface area contributed by atoms with Crippen LogP contribution in [0.1, 0.15) is 27.0 Å². The highest BCUT2D eigenvalue weighted by molar-refractivity contribution is 6.31. The number of nitrogens with one attached hydrogen (secondary N) is 1. The summed E-state index contributed by atoms with van der Waals surface area (Å²) in [6.45, 7) is 0. The summed E-state index contributed by atoms with van der Waals surface area (Å²) in [5, 5.41) is 18.1. The zero-order valence-corrected chi connectivity index (χ0v) is 10.2. The Bertz CT molecular complexity index is 719. The van der Waals surface area contributed by atoms with E-state index in [2.05, 4.69) is 0 Å². The molecule has 0 heterocycles. The molecular weight excluding hydrogens is 242 g/mol. The first kappa shape index (κ1) is 11.5. The molecule has 0 spiro atoms. The van der Waals surface area contributed by atoms with E-state index in [1.54, 1.807) is 24.3 Å². The van der Waals surface area contributed by atoms with Crippen LogP contribution in [0.3, 0.4) is 0 Å². The molecule has 1 aliphatic rings. The highest BCUT2D eigenvalue weighted by Gasteiger charge is 2.32. The molecule has 94 valence electrons.